The van der Waals surface area contributed by atoms with E-state index < -0.39 is 15.6 Å². The molecule has 1 aromatic rings. The summed E-state index contributed by atoms with van der Waals surface area (Å²) in [5.74, 6) is 0.592. The second-order valence-corrected chi connectivity index (χ2v) is 8.04. The summed E-state index contributed by atoms with van der Waals surface area (Å²) in [7, 11) is -3.23. The van der Waals surface area contributed by atoms with Crippen LogP contribution in [0.5, 0.6) is 0 Å². The maximum absolute atomic E-state index is 11.4. The van der Waals surface area contributed by atoms with Gasteiger partial charge in [0.15, 0.2) is 0 Å². The van der Waals surface area contributed by atoms with Crippen molar-refractivity contribution < 1.29 is 8.42 Å². The zero-order valence-electron chi connectivity index (χ0n) is 13.0. The Morgan fingerprint density at radius 3 is 2.60 bits per heavy atom. The molecule has 6 nitrogen and oxygen atoms in total. The second kappa shape index (κ2) is 6.69. The number of hydrogen-bond acceptors (Lipinski definition) is 4. The third-order valence-electron chi connectivity index (χ3n) is 2.68. The molecule has 0 saturated heterocycles. The van der Waals surface area contributed by atoms with Crippen LogP contribution in [0.3, 0.4) is 0 Å². The van der Waals surface area contributed by atoms with Crippen molar-refractivity contribution in [3.8, 4) is 0 Å². The Balaban J connectivity index is 2.66. The van der Waals surface area contributed by atoms with E-state index in [1.165, 1.54) is 6.26 Å². The van der Waals surface area contributed by atoms with Crippen LogP contribution in [0.15, 0.2) is 12.5 Å². The van der Waals surface area contributed by atoms with Gasteiger partial charge in [-0.3, -0.25) is 0 Å². The average Bonchev–Trinajstić information content (AvgIpc) is 2.60. The molecule has 0 atom stereocenters. The highest BCUT2D eigenvalue weighted by Crippen LogP contribution is 2.10. The first-order chi connectivity index (χ1) is 9.09. The highest BCUT2D eigenvalue weighted by Gasteiger charge is 2.23. The lowest BCUT2D eigenvalue weighted by molar-refractivity contribution is 0.382. The number of sulfonamides is 1. The molecule has 0 spiro atoms. The Labute approximate surface area is 122 Å². The van der Waals surface area contributed by atoms with E-state index in [9.17, 15) is 8.42 Å². The molecular formula is C13H26N4O2S. The highest BCUT2D eigenvalue weighted by molar-refractivity contribution is 7.88. The molecule has 7 heteroatoms. The maximum atomic E-state index is 11.4. The predicted octanol–water partition coefficient (Wildman–Crippen LogP) is 0.957. The normalized spacial score (nSPS) is 13.1. The lowest BCUT2D eigenvalue weighted by Gasteiger charge is -2.26. The molecule has 0 aliphatic carbocycles. The molecular weight excluding hydrogens is 276 g/mol. The van der Waals surface area contributed by atoms with Crippen LogP contribution in [-0.4, -0.2) is 36.3 Å². The van der Waals surface area contributed by atoms with E-state index >= 15 is 0 Å². The third kappa shape index (κ3) is 6.49. The summed E-state index contributed by atoms with van der Waals surface area (Å²) in [5.41, 5.74) is 0.496. The van der Waals surface area contributed by atoms with Crippen molar-refractivity contribution in [3.05, 3.63) is 18.2 Å². The first-order valence-corrected chi connectivity index (χ1v) is 8.67. The van der Waals surface area contributed by atoms with Gasteiger partial charge < -0.3 is 9.88 Å². The molecule has 2 N–H and O–H groups in total. The molecule has 20 heavy (non-hydrogen) atoms. The van der Waals surface area contributed by atoms with Crippen LogP contribution in [0.1, 0.15) is 33.4 Å². The monoisotopic (exact) mass is 302 g/mol. The van der Waals surface area contributed by atoms with Gasteiger partial charge in [-0.1, -0.05) is 13.8 Å². The second-order valence-electron chi connectivity index (χ2n) is 6.30. The van der Waals surface area contributed by atoms with Crippen LogP contribution in [0.25, 0.3) is 0 Å². The van der Waals surface area contributed by atoms with Crippen molar-refractivity contribution in [3.63, 3.8) is 0 Å². The molecule has 0 bridgehead atoms. The molecule has 1 rings (SSSR count). The number of nitrogens with one attached hydrogen (secondary N) is 2. The van der Waals surface area contributed by atoms with Crippen molar-refractivity contribution in [1.82, 2.24) is 19.6 Å². The van der Waals surface area contributed by atoms with Crippen LogP contribution in [0, 0.1) is 5.92 Å². The third-order valence-corrected chi connectivity index (χ3v) is 3.61. The van der Waals surface area contributed by atoms with Gasteiger partial charge in [0, 0.05) is 24.8 Å². The summed E-state index contributed by atoms with van der Waals surface area (Å²) in [4.78, 5) is 4.15. The molecule has 116 valence electrons. The Kier molecular flexibility index (Phi) is 5.73. The molecule has 1 heterocycles. The molecule has 0 fully saturated rings. The largest absolute Gasteiger partial charge is 0.332 e. The van der Waals surface area contributed by atoms with E-state index in [0.717, 1.165) is 18.8 Å². The van der Waals surface area contributed by atoms with Crippen LogP contribution in [0.2, 0.25) is 0 Å². The summed E-state index contributed by atoms with van der Waals surface area (Å²) in [6.45, 7) is 10.2. The van der Waals surface area contributed by atoms with Gasteiger partial charge in [-0.15, -0.1) is 0 Å². The van der Waals surface area contributed by atoms with Gasteiger partial charge in [0.25, 0.3) is 0 Å². The van der Waals surface area contributed by atoms with Crippen LogP contribution < -0.4 is 10.0 Å². The quantitative estimate of drug-likeness (QED) is 0.750. The molecule has 0 saturated carbocycles. The summed E-state index contributed by atoms with van der Waals surface area (Å²) < 4.78 is 27.3. The molecule has 0 aliphatic heterocycles. The number of rotatable bonds is 8. The summed E-state index contributed by atoms with van der Waals surface area (Å²) in [6, 6.07) is 0. The fourth-order valence-electron chi connectivity index (χ4n) is 2.09. The Morgan fingerprint density at radius 2 is 2.05 bits per heavy atom. The van der Waals surface area contributed by atoms with E-state index in [0.29, 0.717) is 12.5 Å². The lowest BCUT2D eigenvalue weighted by atomic mass is 10.1. The van der Waals surface area contributed by atoms with Crippen LogP contribution in [-0.2, 0) is 23.1 Å². The van der Waals surface area contributed by atoms with Crippen molar-refractivity contribution in [1.29, 1.82) is 0 Å². The maximum Gasteiger partial charge on any atom is 0.209 e. The average molecular weight is 302 g/mol. The summed E-state index contributed by atoms with van der Waals surface area (Å²) >= 11 is 0. The van der Waals surface area contributed by atoms with E-state index in [1.807, 2.05) is 24.6 Å². The molecule has 0 radical (unpaired) electrons. The van der Waals surface area contributed by atoms with E-state index in [1.54, 1.807) is 6.33 Å². The SMILES string of the molecule is CC(C)CNCc1cncn1CC(C)(C)NS(C)(=O)=O. The number of nitrogens with zero attached hydrogens (tertiary/aromatic N) is 2. The van der Waals surface area contributed by atoms with Gasteiger partial charge in [0.1, 0.15) is 0 Å². The van der Waals surface area contributed by atoms with Crippen molar-refractivity contribution in [2.45, 2.75) is 46.3 Å². The molecule has 0 amide bonds. The van der Waals surface area contributed by atoms with E-state index in [-0.39, 0.29) is 0 Å². The minimum atomic E-state index is -3.23. The number of imidazole rings is 1. The minimum Gasteiger partial charge on any atom is -0.332 e. The minimum absolute atomic E-state index is 0.540. The lowest BCUT2D eigenvalue weighted by Crippen LogP contribution is -2.46. The first kappa shape index (κ1) is 17.1. The Morgan fingerprint density at radius 1 is 1.40 bits per heavy atom. The summed E-state index contributed by atoms with van der Waals surface area (Å²) in [6.07, 6.45) is 4.72. The smallest absolute Gasteiger partial charge is 0.209 e. The highest BCUT2D eigenvalue weighted by atomic mass is 32.2. The van der Waals surface area contributed by atoms with E-state index in [4.69, 9.17) is 0 Å². The van der Waals surface area contributed by atoms with E-state index in [2.05, 4.69) is 28.9 Å². The Hall–Kier alpha value is -0.920. The van der Waals surface area contributed by atoms with Gasteiger partial charge in [-0.2, -0.15) is 0 Å². The first-order valence-electron chi connectivity index (χ1n) is 6.78. The standard InChI is InChI=1S/C13H26N4O2S/c1-11(2)6-14-7-12-8-15-10-17(12)9-13(3,4)16-20(5,18)19/h8,10-11,14,16H,6-7,9H2,1-5H3. The predicted molar refractivity (Wildman–Crippen MR) is 80.8 cm³/mol. The fraction of sp³-hybridized carbons (Fsp3) is 0.769. The van der Waals surface area contributed by atoms with Gasteiger partial charge in [-0.25, -0.2) is 18.1 Å². The van der Waals surface area contributed by atoms with Crippen molar-refractivity contribution in [2.75, 3.05) is 12.8 Å². The van der Waals surface area contributed by atoms with Gasteiger partial charge >= 0.3 is 0 Å². The zero-order valence-corrected chi connectivity index (χ0v) is 13.8. The van der Waals surface area contributed by atoms with Crippen molar-refractivity contribution >= 4 is 10.0 Å². The molecule has 0 aliphatic rings. The van der Waals surface area contributed by atoms with Gasteiger partial charge in [0.05, 0.1) is 18.3 Å². The topological polar surface area (TPSA) is 76.0 Å². The molecule has 0 aromatic carbocycles. The number of hydrogen-bond donors (Lipinski definition) is 2. The van der Waals surface area contributed by atoms with Crippen molar-refractivity contribution in [2.24, 2.45) is 5.92 Å². The van der Waals surface area contributed by atoms with Gasteiger partial charge in [-0.05, 0) is 26.3 Å². The fourth-order valence-corrected chi connectivity index (χ4v) is 3.15. The van der Waals surface area contributed by atoms with Crippen LogP contribution >= 0.6 is 0 Å². The Bertz CT molecular complexity index is 520. The summed E-state index contributed by atoms with van der Waals surface area (Å²) in [5, 5.41) is 3.36. The molecule has 1 aromatic heterocycles. The number of aromatic nitrogens is 2. The van der Waals surface area contributed by atoms with Gasteiger partial charge in [0.2, 0.25) is 10.0 Å². The molecule has 0 unspecified atom stereocenters. The zero-order chi connectivity index (χ0) is 15.4. The van der Waals surface area contributed by atoms with Crippen LogP contribution in [0.4, 0.5) is 0 Å².